The summed E-state index contributed by atoms with van der Waals surface area (Å²) in [5.41, 5.74) is 4.51. The van der Waals surface area contributed by atoms with Gasteiger partial charge in [0, 0.05) is 21.2 Å². The smallest absolute Gasteiger partial charge is 0.262 e. The molecule has 0 spiro atoms. The van der Waals surface area contributed by atoms with E-state index in [1.165, 1.54) is 24.4 Å². The third kappa shape index (κ3) is 8.80. The number of ether oxygens (including phenoxy) is 2. The van der Waals surface area contributed by atoms with Crippen molar-refractivity contribution in [2.75, 3.05) is 6.61 Å². The molecule has 3 rings (SSSR count). The van der Waals surface area contributed by atoms with E-state index in [4.69, 9.17) is 32.7 Å². The molecule has 0 bridgehead atoms. The van der Waals surface area contributed by atoms with Crippen LogP contribution in [0.15, 0.2) is 72.4 Å². The molecule has 1 unspecified atom stereocenters. The maximum atomic E-state index is 14.0. The molecule has 0 fully saturated rings. The quantitative estimate of drug-likeness (QED) is 0.129. The maximum absolute atomic E-state index is 14.0. The van der Waals surface area contributed by atoms with Crippen LogP contribution < -0.4 is 20.2 Å². The highest BCUT2D eigenvalue weighted by atomic mass is 35.5. The third-order valence-corrected chi connectivity index (χ3v) is 6.53. The van der Waals surface area contributed by atoms with Crippen molar-refractivity contribution in [3.05, 3.63) is 105 Å². The second kappa shape index (κ2) is 15.2. The zero-order valence-electron chi connectivity index (χ0n) is 23.0. The van der Waals surface area contributed by atoms with Crippen LogP contribution in [0, 0.1) is 11.7 Å². The average molecular weight is 601 g/mol. The number of carbonyl (C=O) groups is 2. The molecule has 3 aromatic carbocycles. The minimum absolute atomic E-state index is 0.145. The van der Waals surface area contributed by atoms with E-state index in [0.29, 0.717) is 40.1 Å². The van der Waals surface area contributed by atoms with Gasteiger partial charge in [0.25, 0.3) is 11.8 Å². The van der Waals surface area contributed by atoms with Crippen LogP contribution >= 0.6 is 23.2 Å². The van der Waals surface area contributed by atoms with Gasteiger partial charge in [-0.1, -0.05) is 61.3 Å². The molecule has 10 heteroatoms. The number of hydrazone groups is 1. The zero-order chi connectivity index (χ0) is 29.9. The lowest BCUT2D eigenvalue weighted by atomic mass is 10.0. The fourth-order valence-electron chi connectivity index (χ4n) is 3.92. The zero-order valence-corrected chi connectivity index (χ0v) is 24.6. The van der Waals surface area contributed by atoms with E-state index >= 15 is 0 Å². The highest BCUT2D eigenvalue weighted by Gasteiger charge is 2.25. The van der Waals surface area contributed by atoms with E-state index in [-0.39, 0.29) is 18.1 Å². The number of carbonyl (C=O) groups excluding carboxylic acids is 2. The highest BCUT2D eigenvalue weighted by molar-refractivity contribution is 6.35. The Morgan fingerprint density at radius 2 is 1.83 bits per heavy atom. The van der Waals surface area contributed by atoms with Gasteiger partial charge in [0.2, 0.25) is 0 Å². The standard InChI is InChI=1S/C31H32Cl2FN3O4/c1-5-9-21-14-20(15-27(40-6-2)29(21)41-18-22-12-13-23(32)16-25(22)33)17-35-37-31(39)28(19(3)4)36-30(38)24-10-7-8-11-26(24)34/h5,7-8,10-17,19,28H,1,6,9,18H2,2-4H3,(H,36,38)(H,37,39)/b35-17+. The number of amides is 2. The Morgan fingerprint density at radius 1 is 1.07 bits per heavy atom. The van der Waals surface area contributed by atoms with Crippen LogP contribution in [0.2, 0.25) is 10.0 Å². The normalized spacial score (nSPS) is 11.8. The van der Waals surface area contributed by atoms with E-state index in [1.807, 2.05) is 13.0 Å². The number of rotatable bonds is 13. The molecular formula is C31H32Cl2FN3O4. The largest absolute Gasteiger partial charge is 0.490 e. The number of benzene rings is 3. The number of nitrogens with one attached hydrogen (secondary N) is 2. The Labute approximate surface area is 249 Å². The summed E-state index contributed by atoms with van der Waals surface area (Å²) in [5, 5.41) is 7.69. The molecule has 0 aromatic heterocycles. The molecule has 0 saturated carbocycles. The summed E-state index contributed by atoms with van der Waals surface area (Å²) in [6, 6.07) is 13.4. The van der Waals surface area contributed by atoms with Crippen molar-refractivity contribution < 1.29 is 23.5 Å². The Bertz CT molecular complexity index is 1430. The van der Waals surface area contributed by atoms with Crippen LogP contribution in [0.1, 0.15) is 47.8 Å². The molecule has 0 aliphatic heterocycles. The van der Waals surface area contributed by atoms with Gasteiger partial charge in [-0.05, 0) is 61.2 Å². The Balaban J connectivity index is 1.78. The van der Waals surface area contributed by atoms with Gasteiger partial charge in [0.15, 0.2) is 11.5 Å². The van der Waals surface area contributed by atoms with E-state index in [0.717, 1.165) is 11.1 Å². The number of halogens is 3. The van der Waals surface area contributed by atoms with Gasteiger partial charge in [0.1, 0.15) is 18.5 Å². The van der Waals surface area contributed by atoms with Crippen LogP contribution in [0.25, 0.3) is 0 Å². The first-order chi connectivity index (χ1) is 19.6. The minimum atomic E-state index is -0.940. The Morgan fingerprint density at radius 3 is 2.49 bits per heavy atom. The highest BCUT2D eigenvalue weighted by Crippen LogP contribution is 2.35. The Hall–Kier alpha value is -3.88. The number of allylic oxidation sites excluding steroid dienone is 1. The molecular weight excluding hydrogens is 568 g/mol. The van der Waals surface area contributed by atoms with Crippen molar-refractivity contribution in [1.82, 2.24) is 10.7 Å². The number of hydrogen-bond donors (Lipinski definition) is 2. The lowest BCUT2D eigenvalue weighted by molar-refractivity contribution is -0.123. The van der Waals surface area contributed by atoms with Gasteiger partial charge >= 0.3 is 0 Å². The predicted molar refractivity (Wildman–Crippen MR) is 161 cm³/mol. The fourth-order valence-corrected chi connectivity index (χ4v) is 4.38. The average Bonchev–Trinajstić information content (AvgIpc) is 2.92. The number of hydrogen-bond acceptors (Lipinski definition) is 5. The summed E-state index contributed by atoms with van der Waals surface area (Å²) in [5.74, 6) is -1.16. The lowest BCUT2D eigenvalue weighted by Gasteiger charge is -2.20. The Kier molecular flexibility index (Phi) is 11.7. The molecule has 0 radical (unpaired) electrons. The van der Waals surface area contributed by atoms with E-state index < -0.39 is 23.7 Å². The molecule has 7 nitrogen and oxygen atoms in total. The van der Waals surface area contributed by atoms with Crippen LogP contribution in [-0.2, 0) is 17.8 Å². The van der Waals surface area contributed by atoms with Crippen molar-refractivity contribution >= 4 is 41.2 Å². The molecule has 216 valence electrons. The molecule has 0 saturated heterocycles. The first-order valence-electron chi connectivity index (χ1n) is 13.0. The van der Waals surface area contributed by atoms with Crippen molar-refractivity contribution in [1.29, 1.82) is 0 Å². The summed E-state index contributed by atoms with van der Waals surface area (Å²) >= 11 is 12.3. The van der Waals surface area contributed by atoms with E-state index in [2.05, 4.69) is 22.4 Å². The molecule has 0 aliphatic rings. The van der Waals surface area contributed by atoms with E-state index in [9.17, 15) is 14.0 Å². The second-order valence-corrected chi connectivity index (χ2v) is 10.2. The molecule has 0 heterocycles. The summed E-state index contributed by atoms with van der Waals surface area (Å²) in [4.78, 5) is 25.4. The predicted octanol–water partition coefficient (Wildman–Crippen LogP) is 6.74. The fraction of sp³-hybridized carbons (Fsp3) is 0.258. The summed E-state index contributed by atoms with van der Waals surface area (Å²) in [7, 11) is 0. The maximum Gasteiger partial charge on any atom is 0.262 e. The van der Waals surface area contributed by atoms with Crippen molar-refractivity contribution in [3.8, 4) is 11.5 Å². The summed E-state index contributed by atoms with van der Waals surface area (Å²) in [6.45, 7) is 9.81. The molecule has 41 heavy (non-hydrogen) atoms. The van der Waals surface area contributed by atoms with Gasteiger partial charge in [-0.2, -0.15) is 5.10 Å². The SMILES string of the molecule is C=CCc1cc(/C=N/NC(=O)C(NC(=O)c2ccccc2F)C(C)C)cc(OCC)c1OCc1ccc(Cl)cc1Cl. The van der Waals surface area contributed by atoms with Gasteiger partial charge in [-0.25, -0.2) is 9.82 Å². The van der Waals surface area contributed by atoms with Crippen LogP contribution in [0.4, 0.5) is 4.39 Å². The number of nitrogens with zero attached hydrogens (tertiary/aromatic N) is 1. The first-order valence-corrected chi connectivity index (χ1v) is 13.8. The summed E-state index contributed by atoms with van der Waals surface area (Å²) < 4.78 is 26.0. The molecule has 2 amide bonds. The monoisotopic (exact) mass is 599 g/mol. The van der Waals surface area contributed by atoms with Gasteiger partial charge in [-0.3, -0.25) is 9.59 Å². The second-order valence-electron chi connectivity index (χ2n) is 9.37. The first kappa shape index (κ1) is 31.6. The summed E-state index contributed by atoms with van der Waals surface area (Å²) in [6.07, 6.45) is 3.68. The van der Waals surface area contributed by atoms with Crippen molar-refractivity contribution in [2.24, 2.45) is 11.0 Å². The third-order valence-electron chi connectivity index (χ3n) is 5.95. The van der Waals surface area contributed by atoms with Gasteiger partial charge < -0.3 is 14.8 Å². The van der Waals surface area contributed by atoms with E-state index in [1.54, 1.807) is 50.3 Å². The van der Waals surface area contributed by atoms with Crippen LogP contribution in [0.3, 0.4) is 0 Å². The minimum Gasteiger partial charge on any atom is -0.490 e. The molecule has 2 N–H and O–H groups in total. The topological polar surface area (TPSA) is 89.0 Å². The molecule has 1 atom stereocenters. The molecule has 3 aromatic rings. The van der Waals surface area contributed by atoms with Crippen molar-refractivity contribution in [2.45, 2.75) is 39.8 Å². The van der Waals surface area contributed by atoms with Crippen LogP contribution in [-0.4, -0.2) is 30.7 Å². The molecule has 0 aliphatic carbocycles. The van der Waals surface area contributed by atoms with Crippen molar-refractivity contribution in [3.63, 3.8) is 0 Å². The van der Waals surface area contributed by atoms with Gasteiger partial charge in [-0.15, -0.1) is 6.58 Å². The van der Waals surface area contributed by atoms with Crippen LogP contribution in [0.5, 0.6) is 11.5 Å². The van der Waals surface area contributed by atoms with Gasteiger partial charge in [0.05, 0.1) is 18.4 Å². The lowest BCUT2D eigenvalue weighted by Crippen LogP contribution is -2.48.